The third-order valence-electron chi connectivity index (χ3n) is 4.05. The van der Waals surface area contributed by atoms with Crippen LogP contribution in [0.2, 0.25) is 0 Å². The monoisotopic (exact) mass is 330 g/mol. The van der Waals surface area contributed by atoms with Gasteiger partial charge in [0.25, 0.3) is 6.47 Å². The lowest BCUT2D eigenvalue weighted by Crippen LogP contribution is -2.28. The predicted octanol–water partition coefficient (Wildman–Crippen LogP) is 3.92. The van der Waals surface area contributed by atoms with E-state index >= 15 is 0 Å². The van der Waals surface area contributed by atoms with Crippen molar-refractivity contribution in [3.05, 3.63) is 59.4 Å². The van der Waals surface area contributed by atoms with Gasteiger partial charge in [-0.2, -0.15) is 0 Å². The molecule has 0 aliphatic rings. The highest BCUT2D eigenvalue weighted by molar-refractivity contribution is 5.77. The summed E-state index contributed by atoms with van der Waals surface area (Å²) in [4.78, 5) is 22.1. The van der Waals surface area contributed by atoms with Crippen molar-refractivity contribution in [1.82, 2.24) is 0 Å². The van der Waals surface area contributed by atoms with Crippen molar-refractivity contribution in [3.8, 4) is 11.1 Å². The van der Waals surface area contributed by atoms with Gasteiger partial charge in [-0.3, -0.25) is 9.59 Å². The number of carboxylic acids is 1. The molecule has 0 aliphatic carbocycles. The standard InChI is InChI=1S/C19H19FO4/c1-3-17(24-11-21)18(19(22)23)14-8-6-13(7-9-14)15-5-4-12(2)16(20)10-15/h4-11,17-18H,3H2,1-2H3,(H,22,23). The van der Waals surface area contributed by atoms with Gasteiger partial charge < -0.3 is 9.84 Å². The minimum absolute atomic E-state index is 0.271. The third-order valence-corrected chi connectivity index (χ3v) is 4.05. The number of benzene rings is 2. The van der Waals surface area contributed by atoms with E-state index in [0.29, 0.717) is 23.1 Å². The molecule has 2 unspecified atom stereocenters. The Kier molecular flexibility index (Phi) is 5.68. The van der Waals surface area contributed by atoms with Gasteiger partial charge >= 0.3 is 5.97 Å². The molecule has 0 spiro atoms. The number of halogens is 1. The molecule has 126 valence electrons. The van der Waals surface area contributed by atoms with Gasteiger partial charge in [0.15, 0.2) is 0 Å². The Labute approximate surface area is 139 Å². The van der Waals surface area contributed by atoms with Crippen molar-refractivity contribution in [2.45, 2.75) is 32.3 Å². The van der Waals surface area contributed by atoms with Crippen LogP contribution >= 0.6 is 0 Å². The summed E-state index contributed by atoms with van der Waals surface area (Å²) in [7, 11) is 0. The summed E-state index contributed by atoms with van der Waals surface area (Å²) in [6.45, 7) is 3.72. The highest BCUT2D eigenvalue weighted by Gasteiger charge is 2.30. The van der Waals surface area contributed by atoms with E-state index in [-0.39, 0.29) is 12.3 Å². The lowest BCUT2D eigenvalue weighted by molar-refractivity contribution is -0.146. The fraction of sp³-hybridized carbons (Fsp3) is 0.263. The molecule has 2 aromatic rings. The minimum Gasteiger partial charge on any atom is -0.481 e. The van der Waals surface area contributed by atoms with Crippen LogP contribution in [0.4, 0.5) is 4.39 Å². The maximum atomic E-state index is 13.7. The lowest BCUT2D eigenvalue weighted by atomic mass is 9.90. The number of aliphatic carboxylic acids is 1. The first-order valence-electron chi connectivity index (χ1n) is 7.66. The van der Waals surface area contributed by atoms with E-state index in [0.717, 1.165) is 5.56 Å². The number of rotatable bonds is 7. The molecule has 0 radical (unpaired) electrons. The van der Waals surface area contributed by atoms with Crippen molar-refractivity contribution in [3.63, 3.8) is 0 Å². The number of carboxylic acid groups (broad SMARTS) is 1. The van der Waals surface area contributed by atoms with Crippen molar-refractivity contribution >= 4 is 12.4 Å². The van der Waals surface area contributed by atoms with Crippen molar-refractivity contribution in [2.24, 2.45) is 0 Å². The van der Waals surface area contributed by atoms with E-state index in [9.17, 15) is 19.1 Å². The second-order valence-electron chi connectivity index (χ2n) is 5.58. The summed E-state index contributed by atoms with van der Waals surface area (Å²) >= 11 is 0. The zero-order chi connectivity index (χ0) is 17.7. The average Bonchev–Trinajstić information content (AvgIpc) is 2.57. The first kappa shape index (κ1) is 17.7. The second-order valence-corrected chi connectivity index (χ2v) is 5.58. The Morgan fingerprint density at radius 1 is 1.21 bits per heavy atom. The first-order valence-corrected chi connectivity index (χ1v) is 7.66. The van der Waals surface area contributed by atoms with Gasteiger partial charge in [-0.1, -0.05) is 43.3 Å². The Bertz CT molecular complexity index is 725. The molecule has 24 heavy (non-hydrogen) atoms. The third kappa shape index (κ3) is 3.79. The van der Waals surface area contributed by atoms with E-state index < -0.39 is 18.0 Å². The van der Waals surface area contributed by atoms with Crippen LogP contribution in [-0.4, -0.2) is 23.7 Å². The van der Waals surface area contributed by atoms with Crippen LogP contribution in [-0.2, 0) is 14.3 Å². The Balaban J connectivity index is 2.33. The van der Waals surface area contributed by atoms with Gasteiger partial charge in [0.05, 0.1) is 0 Å². The van der Waals surface area contributed by atoms with Gasteiger partial charge in [-0.05, 0) is 41.7 Å². The molecule has 1 N–H and O–H groups in total. The Morgan fingerprint density at radius 3 is 2.33 bits per heavy atom. The van der Waals surface area contributed by atoms with Crippen LogP contribution in [0.5, 0.6) is 0 Å². The SMILES string of the molecule is CCC(OC=O)C(C(=O)O)c1ccc(-c2ccc(C)c(F)c2)cc1. The second kappa shape index (κ2) is 7.73. The van der Waals surface area contributed by atoms with Crippen molar-refractivity contribution < 1.29 is 23.8 Å². The fourth-order valence-corrected chi connectivity index (χ4v) is 2.65. The van der Waals surface area contributed by atoms with Crippen molar-refractivity contribution in [1.29, 1.82) is 0 Å². The highest BCUT2D eigenvalue weighted by Crippen LogP contribution is 2.28. The van der Waals surface area contributed by atoms with Crippen LogP contribution in [0, 0.1) is 12.7 Å². The molecule has 0 aromatic heterocycles. The smallest absolute Gasteiger partial charge is 0.314 e. The summed E-state index contributed by atoms with van der Waals surface area (Å²) in [5.41, 5.74) is 2.60. The molecular formula is C19H19FO4. The lowest BCUT2D eigenvalue weighted by Gasteiger charge is -2.21. The largest absolute Gasteiger partial charge is 0.481 e. The zero-order valence-corrected chi connectivity index (χ0v) is 13.5. The van der Waals surface area contributed by atoms with Crippen LogP contribution in [0.15, 0.2) is 42.5 Å². The summed E-state index contributed by atoms with van der Waals surface area (Å²) in [5.74, 6) is -2.28. The maximum absolute atomic E-state index is 13.7. The van der Waals surface area contributed by atoms with Gasteiger partial charge in [-0.25, -0.2) is 4.39 Å². The number of ether oxygens (including phenoxy) is 1. The van der Waals surface area contributed by atoms with Crippen molar-refractivity contribution in [2.75, 3.05) is 0 Å². The zero-order valence-electron chi connectivity index (χ0n) is 13.5. The molecule has 4 nitrogen and oxygen atoms in total. The van der Waals surface area contributed by atoms with Gasteiger partial charge in [0.2, 0.25) is 0 Å². The molecule has 2 atom stereocenters. The van der Waals surface area contributed by atoms with Crippen LogP contribution in [0.1, 0.15) is 30.4 Å². The molecule has 2 rings (SSSR count). The summed E-state index contributed by atoms with van der Waals surface area (Å²) < 4.78 is 18.6. The Morgan fingerprint density at radius 2 is 1.83 bits per heavy atom. The summed E-state index contributed by atoms with van der Waals surface area (Å²) in [6.07, 6.45) is -0.344. The van der Waals surface area contributed by atoms with Crippen LogP contribution < -0.4 is 0 Å². The molecule has 0 amide bonds. The van der Waals surface area contributed by atoms with Crippen LogP contribution in [0.25, 0.3) is 11.1 Å². The topological polar surface area (TPSA) is 63.6 Å². The molecule has 5 heteroatoms. The highest BCUT2D eigenvalue weighted by atomic mass is 19.1. The van der Waals surface area contributed by atoms with Gasteiger partial charge in [-0.15, -0.1) is 0 Å². The number of carbonyl (C=O) groups excluding carboxylic acids is 1. The number of hydrogen-bond donors (Lipinski definition) is 1. The normalized spacial score (nSPS) is 13.1. The molecule has 0 saturated carbocycles. The summed E-state index contributed by atoms with van der Waals surface area (Å²) in [5, 5.41) is 9.46. The molecule has 0 heterocycles. The summed E-state index contributed by atoms with van der Waals surface area (Å²) in [6, 6.07) is 11.8. The van der Waals surface area contributed by atoms with E-state index in [2.05, 4.69) is 0 Å². The first-order chi connectivity index (χ1) is 11.5. The maximum Gasteiger partial charge on any atom is 0.314 e. The average molecular weight is 330 g/mol. The quantitative estimate of drug-likeness (QED) is 0.782. The van der Waals surface area contributed by atoms with Gasteiger partial charge in [0.1, 0.15) is 17.8 Å². The fourth-order valence-electron chi connectivity index (χ4n) is 2.65. The molecular weight excluding hydrogens is 311 g/mol. The van der Waals surface area contributed by atoms with E-state index in [4.69, 9.17) is 4.74 Å². The number of carbonyl (C=O) groups is 2. The van der Waals surface area contributed by atoms with E-state index in [1.807, 2.05) is 6.07 Å². The molecule has 0 fully saturated rings. The molecule has 0 aliphatic heterocycles. The minimum atomic E-state index is -1.06. The molecule has 0 saturated heterocycles. The van der Waals surface area contributed by atoms with Crippen LogP contribution in [0.3, 0.4) is 0 Å². The van der Waals surface area contributed by atoms with E-state index in [1.54, 1.807) is 44.2 Å². The predicted molar refractivity (Wildman–Crippen MR) is 88.2 cm³/mol. The van der Waals surface area contributed by atoms with E-state index in [1.165, 1.54) is 6.07 Å². The molecule has 2 aromatic carbocycles. The number of hydrogen-bond acceptors (Lipinski definition) is 3. The van der Waals surface area contributed by atoms with Gasteiger partial charge in [0, 0.05) is 0 Å². The Hall–Kier alpha value is -2.69. The molecule has 0 bridgehead atoms. The number of aryl methyl sites for hydroxylation is 1.